The first-order chi connectivity index (χ1) is 13.0. The minimum absolute atomic E-state index is 0.395. The molecule has 0 spiro atoms. The molecule has 3 aromatic heterocycles. The number of H-pyrrole nitrogens is 1. The molecule has 138 valence electrons. The maximum Gasteiger partial charge on any atom is 0.260 e. The Hall–Kier alpha value is -3.19. The highest BCUT2D eigenvalue weighted by molar-refractivity contribution is 6.54. The van der Waals surface area contributed by atoms with Crippen LogP contribution in [0.15, 0.2) is 47.7 Å². The van der Waals surface area contributed by atoms with E-state index < -0.39 is 0 Å². The lowest BCUT2D eigenvalue weighted by Crippen LogP contribution is -2.19. The summed E-state index contributed by atoms with van der Waals surface area (Å²) >= 11 is 0. The Kier molecular flexibility index (Phi) is 4.37. The quantitative estimate of drug-likeness (QED) is 0.731. The van der Waals surface area contributed by atoms with E-state index in [1.807, 2.05) is 63.8 Å². The van der Waals surface area contributed by atoms with Crippen LogP contribution in [0, 0.1) is 5.41 Å². The number of fused-ring (bicyclic) bond motifs is 2. The number of hydrogen-bond acceptors (Lipinski definition) is 5. The van der Waals surface area contributed by atoms with Crippen molar-refractivity contribution >= 4 is 28.2 Å². The monoisotopic (exact) mass is 362 g/mol. The number of hydrogen-bond donors (Lipinski definition) is 2. The Morgan fingerprint density at radius 2 is 2.15 bits per heavy atom. The Balaban J connectivity index is 1.77. The van der Waals surface area contributed by atoms with Crippen LogP contribution in [0.1, 0.15) is 18.2 Å². The van der Waals surface area contributed by atoms with Crippen LogP contribution in [0.4, 0.5) is 5.69 Å². The van der Waals surface area contributed by atoms with Gasteiger partial charge in [-0.2, -0.15) is 0 Å². The molecule has 0 bridgehead atoms. The predicted octanol–water partition coefficient (Wildman–Crippen LogP) is 3.16. The molecular weight excluding hydrogens is 340 g/mol. The van der Waals surface area contributed by atoms with Crippen LogP contribution in [0.2, 0.25) is 0 Å². The van der Waals surface area contributed by atoms with Gasteiger partial charge < -0.3 is 14.6 Å². The zero-order valence-electron chi connectivity index (χ0n) is 15.7. The number of aromatic amines is 1. The topological polar surface area (TPSA) is 81.8 Å². The van der Waals surface area contributed by atoms with Crippen LogP contribution in [0.3, 0.4) is 0 Å². The van der Waals surface area contributed by atoms with Gasteiger partial charge in [0.15, 0.2) is 5.69 Å². The first-order valence-electron chi connectivity index (χ1n) is 8.83. The lowest BCUT2D eigenvalue weighted by Gasteiger charge is -2.14. The molecular formula is C20H22N6O. The summed E-state index contributed by atoms with van der Waals surface area (Å²) in [5.74, 6) is 0.481. The third-order valence-corrected chi connectivity index (χ3v) is 4.51. The van der Waals surface area contributed by atoms with Crippen molar-refractivity contribution in [3.05, 3.63) is 54.0 Å². The number of pyridine rings is 1. The van der Waals surface area contributed by atoms with Crippen molar-refractivity contribution in [1.29, 1.82) is 5.41 Å². The lowest BCUT2D eigenvalue weighted by molar-refractivity contribution is 0.254. The van der Waals surface area contributed by atoms with Crippen LogP contribution in [0.25, 0.3) is 11.1 Å². The fraction of sp³-hybridized carbons (Fsp3) is 0.250. The highest BCUT2D eigenvalue weighted by atomic mass is 16.5. The lowest BCUT2D eigenvalue weighted by atomic mass is 9.95. The molecule has 2 N–H and O–H groups in total. The summed E-state index contributed by atoms with van der Waals surface area (Å²) in [7, 11) is 4.00. The molecule has 1 aliphatic carbocycles. The van der Waals surface area contributed by atoms with Gasteiger partial charge in [0.25, 0.3) is 5.88 Å². The molecule has 0 atom stereocenters. The van der Waals surface area contributed by atoms with Crippen LogP contribution >= 0.6 is 0 Å². The van der Waals surface area contributed by atoms with E-state index in [4.69, 9.17) is 15.1 Å². The van der Waals surface area contributed by atoms with E-state index in [0.29, 0.717) is 29.6 Å². The van der Waals surface area contributed by atoms with Crippen molar-refractivity contribution in [1.82, 2.24) is 19.5 Å². The molecule has 0 aliphatic heterocycles. The highest BCUT2D eigenvalue weighted by Gasteiger charge is 2.22. The second-order valence-corrected chi connectivity index (χ2v) is 6.80. The summed E-state index contributed by atoms with van der Waals surface area (Å²) in [6.07, 6.45) is 5.65. The van der Waals surface area contributed by atoms with Crippen molar-refractivity contribution in [2.24, 2.45) is 4.99 Å². The molecule has 0 amide bonds. The normalized spacial score (nSPS) is 15.5. The van der Waals surface area contributed by atoms with Gasteiger partial charge in [0, 0.05) is 24.5 Å². The first-order valence-corrected chi connectivity index (χ1v) is 8.83. The zero-order chi connectivity index (χ0) is 19.0. The van der Waals surface area contributed by atoms with Crippen molar-refractivity contribution in [2.45, 2.75) is 6.92 Å². The van der Waals surface area contributed by atoms with Gasteiger partial charge in [0.2, 0.25) is 0 Å². The number of allylic oxidation sites excluding steroid dienone is 2. The van der Waals surface area contributed by atoms with Gasteiger partial charge in [-0.05, 0) is 50.9 Å². The average Bonchev–Trinajstić information content (AvgIpc) is 3.25. The molecule has 7 heteroatoms. The summed E-state index contributed by atoms with van der Waals surface area (Å²) in [6.45, 7) is 3.32. The Morgan fingerprint density at radius 1 is 1.30 bits per heavy atom. The molecule has 0 radical (unpaired) electrons. The molecule has 27 heavy (non-hydrogen) atoms. The second-order valence-electron chi connectivity index (χ2n) is 6.80. The smallest absolute Gasteiger partial charge is 0.260 e. The SMILES string of the molecule is CC1=C/C(=N\c2c(OCCN(C)C)nn3ccccc23)C(=N)c2cc[nH]c21. The maximum absolute atomic E-state index is 8.54. The van der Waals surface area contributed by atoms with Crippen molar-refractivity contribution in [3.8, 4) is 5.88 Å². The third kappa shape index (κ3) is 3.17. The van der Waals surface area contributed by atoms with Gasteiger partial charge in [-0.25, -0.2) is 9.51 Å². The van der Waals surface area contributed by atoms with Gasteiger partial charge in [0.1, 0.15) is 6.61 Å². The largest absolute Gasteiger partial charge is 0.474 e. The van der Waals surface area contributed by atoms with Crippen LogP contribution in [-0.2, 0) is 0 Å². The zero-order valence-corrected chi connectivity index (χ0v) is 15.7. The van der Waals surface area contributed by atoms with Gasteiger partial charge in [-0.3, -0.25) is 5.41 Å². The summed E-state index contributed by atoms with van der Waals surface area (Å²) in [6, 6.07) is 7.73. The average molecular weight is 362 g/mol. The molecule has 3 aromatic rings. The molecule has 1 aliphatic rings. The van der Waals surface area contributed by atoms with Crippen LogP contribution < -0.4 is 4.74 Å². The van der Waals surface area contributed by atoms with Crippen molar-refractivity contribution in [3.63, 3.8) is 0 Å². The minimum atomic E-state index is 0.395. The van der Waals surface area contributed by atoms with Crippen molar-refractivity contribution < 1.29 is 4.74 Å². The summed E-state index contributed by atoms with van der Waals surface area (Å²) < 4.78 is 7.67. The summed E-state index contributed by atoms with van der Waals surface area (Å²) in [4.78, 5) is 10.0. The van der Waals surface area contributed by atoms with Crippen LogP contribution in [0.5, 0.6) is 5.88 Å². The first kappa shape index (κ1) is 17.2. The fourth-order valence-corrected chi connectivity index (χ4v) is 3.09. The standard InChI is InChI=1S/C20H22N6O/c1-13-12-15(17(21)14-7-8-22-18(13)14)23-19-16-6-4-5-9-26(16)24-20(19)27-11-10-25(2)3/h4-9,12,21-22H,10-11H2,1-3H3/b21-17?,23-15+. The molecule has 0 fully saturated rings. The predicted molar refractivity (Wildman–Crippen MR) is 108 cm³/mol. The Morgan fingerprint density at radius 3 is 2.96 bits per heavy atom. The van der Waals surface area contributed by atoms with Gasteiger partial charge in [-0.15, -0.1) is 5.10 Å². The molecule has 3 heterocycles. The highest BCUT2D eigenvalue weighted by Crippen LogP contribution is 2.33. The number of ether oxygens (including phenoxy) is 1. The molecule has 0 saturated heterocycles. The number of aromatic nitrogens is 3. The molecule has 4 rings (SSSR count). The van der Waals surface area contributed by atoms with Gasteiger partial charge in [-0.1, -0.05) is 6.07 Å². The Labute approximate surface area is 157 Å². The van der Waals surface area contributed by atoms with E-state index >= 15 is 0 Å². The van der Waals surface area contributed by atoms with Crippen LogP contribution in [-0.4, -0.2) is 58.2 Å². The maximum atomic E-state index is 8.54. The number of nitrogens with zero attached hydrogens (tertiary/aromatic N) is 4. The van der Waals surface area contributed by atoms with E-state index in [1.54, 1.807) is 4.52 Å². The minimum Gasteiger partial charge on any atom is -0.474 e. The molecule has 0 aromatic carbocycles. The number of rotatable bonds is 5. The van der Waals surface area contributed by atoms with Gasteiger partial charge in [0.05, 0.1) is 22.6 Å². The number of nitrogens with one attached hydrogen (secondary N) is 2. The van der Waals surface area contributed by atoms with E-state index in [-0.39, 0.29) is 0 Å². The number of likely N-dealkylation sites (N-methyl/N-ethyl adjacent to an activating group) is 1. The van der Waals surface area contributed by atoms with E-state index in [9.17, 15) is 0 Å². The molecule has 7 nitrogen and oxygen atoms in total. The van der Waals surface area contributed by atoms with E-state index in [1.165, 1.54) is 0 Å². The fourth-order valence-electron chi connectivity index (χ4n) is 3.09. The molecule has 0 saturated carbocycles. The number of aliphatic imine (C=N–C) groups is 1. The third-order valence-electron chi connectivity index (χ3n) is 4.51. The van der Waals surface area contributed by atoms with E-state index in [0.717, 1.165) is 28.9 Å². The molecule has 0 unspecified atom stereocenters. The Bertz CT molecular complexity index is 1070. The van der Waals surface area contributed by atoms with Crippen molar-refractivity contribution in [2.75, 3.05) is 27.2 Å². The van der Waals surface area contributed by atoms with Gasteiger partial charge >= 0.3 is 0 Å². The second kappa shape index (κ2) is 6.85. The summed E-state index contributed by atoms with van der Waals surface area (Å²) in [5, 5.41) is 13.1. The van der Waals surface area contributed by atoms with E-state index in [2.05, 4.69) is 15.0 Å². The summed E-state index contributed by atoms with van der Waals surface area (Å²) in [5.41, 5.74) is 5.39.